The zero-order valence-electron chi connectivity index (χ0n) is 10.4. The fourth-order valence-electron chi connectivity index (χ4n) is 2.04. The number of nitrogens with one attached hydrogen (secondary N) is 2. The molecular formula is C14H13N3O2. The highest BCUT2D eigenvalue weighted by molar-refractivity contribution is 6.05. The van der Waals surface area contributed by atoms with E-state index in [-0.39, 0.29) is 5.91 Å². The van der Waals surface area contributed by atoms with Gasteiger partial charge in [-0.25, -0.2) is 0 Å². The molecule has 0 atom stereocenters. The zero-order chi connectivity index (χ0) is 13.2. The number of rotatable bonds is 3. The van der Waals surface area contributed by atoms with E-state index < -0.39 is 0 Å². The molecular weight excluding hydrogens is 242 g/mol. The van der Waals surface area contributed by atoms with E-state index >= 15 is 0 Å². The molecule has 0 saturated heterocycles. The van der Waals surface area contributed by atoms with E-state index in [0.29, 0.717) is 17.8 Å². The Bertz CT molecular complexity index is 727. The molecule has 0 fully saturated rings. The van der Waals surface area contributed by atoms with Crippen molar-refractivity contribution in [1.82, 2.24) is 15.5 Å². The predicted octanol–water partition coefficient (Wildman–Crippen LogP) is 2.39. The Morgan fingerprint density at radius 2 is 2.32 bits per heavy atom. The monoisotopic (exact) mass is 255 g/mol. The van der Waals surface area contributed by atoms with Crippen LogP contribution in [0, 0.1) is 6.92 Å². The maximum Gasteiger partial charge on any atom is 0.253 e. The zero-order valence-corrected chi connectivity index (χ0v) is 10.4. The standard InChI is InChI=1S/C14H13N3O2/c1-9-7-11(17-19-9)8-16-14(18)12-4-2-3-10-5-6-15-13(10)12/h2-7,15H,8H2,1H3,(H,16,18). The van der Waals surface area contributed by atoms with Gasteiger partial charge in [0.15, 0.2) is 0 Å². The summed E-state index contributed by atoms with van der Waals surface area (Å²) < 4.78 is 4.95. The Kier molecular flexibility index (Phi) is 2.79. The number of aryl methyl sites for hydroxylation is 1. The minimum Gasteiger partial charge on any atom is -0.361 e. The molecule has 2 aromatic heterocycles. The molecule has 5 heteroatoms. The van der Waals surface area contributed by atoms with E-state index in [1.165, 1.54) is 0 Å². The van der Waals surface area contributed by atoms with Crippen LogP contribution in [-0.4, -0.2) is 16.0 Å². The van der Waals surface area contributed by atoms with Gasteiger partial charge >= 0.3 is 0 Å². The van der Waals surface area contributed by atoms with Crippen LogP contribution in [0.1, 0.15) is 21.8 Å². The second-order valence-corrected chi connectivity index (χ2v) is 4.36. The van der Waals surface area contributed by atoms with Crippen molar-refractivity contribution >= 4 is 16.8 Å². The third-order valence-corrected chi connectivity index (χ3v) is 2.94. The summed E-state index contributed by atoms with van der Waals surface area (Å²) in [6.45, 7) is 2.17. The number of H-pyrrole nitrogens is 1. The molecule has 1 amide bonds. The Labute approximate surface area is 109 Å². The molecule has 0 saturated carbocycles. The van der Waals surface area contributed by atoms with E-state index in [4.69, 9.17) is 4.52 Å². The average molecular weight is 255 g/mol. The highest BCUT2D eigenvalue weighted by Gasteiger charge is 2.11. The second kappa shape index (κ2) is 4.61. The van der Waals surface area contributed by atoms with Crippen LogP contribution in [0.3, 0.4) is 0 Å². The Morgan fingerprint density at radius 3 is 3.11 bits per heavy atom. The summed E-state index contributed by atoms with van der Waals surface area (Å²) in [5.74, 6) is 0.601. The molecule has 19 heavy (non-hydrogen) atoms. The van der Waals surface area contributed by atoms with Gasteiger partial charge in [-0.1, -0.05) is 17.3 Å². The number of fused-ring (bicyclic) bond motifs is 1. The SMILES string of the molecule is Cc1cc(CNC(=O)c2cccc3cc[nH]c23)no1. The number of para-hydroxylation sites is 1. The van der Waals surface area contributed by atoms with Crippen molar-refractivity contribution in [2.24, 2.45) is 0 Å². The minimum atomic E-state index is -0.131. The van der Waals surface area contributed by atoms with Gasteiger partial charge in [0.05, 0.1) is 17.6 Å². The van der Waals surface area contributed by atoms with Crippen LogP contribution in [0.2, 0.25) is 0 Å². The van der Waals surface area contributed by atoms with Gasteiger partial charge in [0.25, 0.3) is 5.91 Å². The molecule has 0 spiro atoms. The number of amides is 1. The van der Waals surface area contributed by atoms with E-state index in [1.54, 1.807) is 12.1 Å². The van der Waals surface area contributed by atoms with E-state index in [2.05, 4.69) is 15.5 Å². The Hall–Kier alpha value is -2.56. The van der Waals surface area contributed by atoms with Crippen molar-refractivity contribution in [2.75, 3.05) is 0 Å². The van der Waals surface area contributed by atoms with Gasteiger partial charge < -0.3 is 14.8 Å². The third-order valence-electron chi connectivity index (χ3n) is 2.94. The molecule has 0 aliphatic rings. The van der Waals surface area contributed by atoms with Gasteiger partial charge in [-0.05, 0) is 19.1 Å². The molecule has 3 rings (SSSR count). The van der Waals surface area contributed by atoms with Crippen molar-refractivity contribution in [3.8, 4) is 0 Å². The summed E-state index contributed by atoms with van der Waals surface area (Å²) in [5.41, 5.74) is 2.18. The number of carbonyl (C=O) groups is 1. The lowest BCUT2D eigenvalue weighted by molar-refractivity contribution is 0.0951. The highest BCUT2D eigenvalue weighted by atomic mass is 16.5. The smallest absolute Gasteiger partial charge is 0.253 e. The van der Waals surface area contributed by atoms with Crippen molar-refractivity contribution in [3.05, 3.63) is 53.5 Å². The second-order valence-electron chi connectivity index (χ2n) is 4.36. The summed E-state index contributed by atoms with van der Waals surface area (Å²) in [5, 5.41) is 7.68. The van der Waals surface area contributed by atoms with E-state index in [1.807, 2.05) is 31.3 Å². The largest absolute Gasteiger partial charge is 0.361 e. The quantitative estimate of drug-likeness (QED) is 0.755. The molecule has 96 valence electrons. The molecule has 0 aliphatic carbocycles. The fraction of sp³-hybridized carbons (Fsp3) is 0.143. The van der Waals surface area contributed by atoms with E-state index in [9.17, 15) is 4.79 Å². The van der Waals surface area contributed by atoms with E-state index in [0.717, 1.165) is 16.7 Å². The first-order valence-electron chi connectivity index (χ1n) is 6.00. The molecule has 5 nitrogen and oxygen atoms in total. The van der Waals surface area contributed by atoms with Crippen LogP contribution in [0.15, 0.2) is 41.1 Å². The van der Waals surface area contributed by atoms with Gasteiger partial charge in [-0.3, -0.25) is 4.79 Å². The first kappa shape index (κ1) is 11.5. The molecule has 2 heterocycles. The average Bonchev–Trinajstić information content (AvgIpc) is 3.03. The highest BCUT2D eigenvalue weighted by Crippen LogP contribution is 2.16. The van der Waals surface area contributed by atoms with Crippen LogP contribution in [0.5, 0.6) is 0 Å². The number of aromatic nitrogens is 2. The number of hydrogen-bond donors (Lipinski definition) is 2. The molecule has 3 aromatic rings. The predicted molar refractivity (Wildman–Crippen MR) is 70.7 cm³/mol. The molecule has 0 aliphatic heterocycles. The number of nitrogens with zero attached hydrogens (tertiary/aromatic N) is 1. The molecule has 0 unspecified atom stereocenters. The number of aromatic amines is 1. The maximum atomic E-state index is 12.1. The van der Waals surface area contributed by atoms with Crippen molar-refractivity contribution < 1.29 is 9.32 Å². The normalized spacial score (nSPS) is 10.8. The minimum absolute atomic E-state index is 0.131. The van der Waals surface area contributed by atoms with Crippen LogP contribution >= 0.6 is 0 Å². The fourth-order valence-corrected chi connectivity index (χ4v) is 2.04. The van der Waals surface area contributed by atoms with Gasteiger partial charge in [0.1, 0.15) is 11.5 Å². The van der Waals surface area contributed by atoms with Crippen molar-refractivity contribution in [3.63, 3.8) is 0 Å². The lowest BCUT2D eigenvalue weighted by Crippen LogP contribution is -2.23. The Morgan fingerprint density at radius 1 is 1.42 bits per heavy atom. The Balaban J connectivity index is 1.78. The summed E-state index contributed by atoms with van der Waals surface area (Å²) in [4.78, 5) is 15.2. The summed E-state index contributed by atoms with van der Waals surface area (Å²) in [6, 6.07) is 9.36. The summed E-state index contributed by atoms with van der Waals surface area (Å²) in [6.07, 6.45) is 1.82. The summed E-state index contributed by atoms with van der Waals surface area (Å²) >= 11 is 0. The van der Waals surface area contributed by atoms with Crippen molar-refractivity contribution in [1.29, 1.82) is 0 Å². The molecule has 2 N–H and O–H groups in total. The van der Waals surface area contributed by atoms with Crippen LogP contribution < -0.4 is 5.32 Å². The number of carbonyl (C=O) groups excluding carboxylic acids is 1. The third kappa shape index (κ3) is 2.22. The van der Waals surface area contributed by atoms with Crippen molar-refractivity contribution in [2.45, 2.75) is 13.5 Å². The van der Waals surface area contributed by atoms with Crippen LogP contribution in [-0.2, 0) is 6.54 Å². The number of benzene rings is 1. The van der Waals surface area contributed by atoms with Crippen LogP contribution in [0.4, 0.5) is 0 Å². The molecule has 1 aromatic carbocycles. The van der Waals surface area contributed by atoms with Crippen LogP contribution in [0.25, 0.3) is 10.9 Å². The summed E-state index contributed by atoms with van der Waals surface area (Å²) in [7, 11) is 0. The first-order valence-corrected chi connectivity index (χ1v) is 6.00. The molecule has 0 radical (unpaired) electrons. The van der Waals surface area contributed by atoms with Gasteiger partial charge in [0, 0.05) is 17.6 Å². The lowest BCUT2D eigenvalue weighted by Gasteiger charge is -2.04. The molecule has 0 bridgehead atoms. The topological polar surface area (TPSA) is 70.9 Å². The lowest BCUT2D eigenvalue weighted by atomic mass is 10.1. The van der Waals surface area contributed by atoms with Gasteiger partial charge in [-0.2, -0.15) is 0 Å². The maximum absolute atomic E-state index is 12.1. The number of hydrogen-bond acceptors (Lipinski definition) is 3. The van der Waals surface area contributed by atoms with Gasteiger partial charge in [0.2, 0.25) is 0 Å². The van der Waals surface area contributed by atoms with Gasteiger partial charge in [-0.15, -0.1) is 0 Å². The first-order chi connectivity index (χ1) is 9.24.